The lowest BCUT2D eigenvalue weighted by molar-refractivity contribution is 0.396. The number of methoxy groups -OCH3 is 1. The largest absolute Gasteiger partial charge is 0.481 e. The number of nitrogens with zero attached hydrogens (tertiary/aromatic N) is 2. The van der Waals surface area contributed by atoms with E-state index in [0.717, 1.165) is 11.8 Å². The molecule has 1 heterocycles. The van der Waals surface area contributed by atoms with Crippen LogP contribution in [0.5, 0.6) is 5.88 Å². The molecule has 0 fully saturated rings. The van der Waals surface area contributed by atoms with Crippen LogP contribution in [-0.4, -0.2) is 17.1 Å². The van der Waals surface area contributed by atoms with Gasteiger partial charge >= 0.3 is 0 Å². The van der Waals surface area contributed by atoms with Gasteiger partial charge in [-0.15, -0.1) is 0 Å². The average Bonchev–Trinajstić information content (AvgIpc) is 2.37. The smallest absolute Gasteiger partial charge is 0.216 e. The van der Waals surface area contributed by atoms with E-state index in [0.29, 0.717) is 17.9 Å². The lowest BCUT2D eigenvalue weighted by Gasteiger charge is -2.10. The number of hydrogen-bond donors (Lipinski definition) is 0. The molecule has 1 aromatic carbocycles. The number of halogens is 3. The fraction of sp³-hybridized carbons (Fsp3) is 0.231. The second-order valence-corrected chi connectivity index (χ2v) is 5.03. The van der Waals surface area contributed by atoms with Crippen LogP contribution in [0.1, 0.15) is 16.1 Å². The number of rotatable bonds is 4. The van der Waals surface area contributed by atoms with E-state index in [1.807, 2.05) is 0 Å². The summed E-state index contributed by atoms with van der Waals surface area (Å²) in [5.41, 5.74) is 1.24. The highest BCUT2D eigenvalue weighted by atomic mass is 79.9. The highest BCUT2D eigenvalue weighted by molar-refractivity contribution is 9.09. The Balaban J connectivity index is 2.17. The van der Waals surface area contributed by atoms with E-state index in [2.05, 4.69) is 25.9 Å². The third-order valence-electron chi connectivity index (χ3n) is 2.54. The fourth-order valence-corrected chi connectivity index (χ4v) is 2.25. The molecule has 2 rings (SSSR count). The first kappa shape index (κ1) is 13.9. The molecule has 1 unspecified atom stereocenters. The standard InChI is InChI=1S/C13H11BrF2N2O/c1-19-13-6-11(17-7-18-13)5-12(14)8-2-9(15)4-10(16)3-8/h2-4,6-7,12H,5H2,1H3. The van der Waals surface area contributed by atoms with E-state index in [4.69, 9.17) is 4.74 Å². The summed E-state index contributed by atoms with van der Waals surface area (Å²) < 4.78 is 31.3. The molecule has 0 aliphatic carbocycles. The van der Waals surface area contributed by atoms with Gasteiger partial charge < -0.3 is 4.74 Å². The van der Waals surface area contributed by atoms with Crippen molar-refractivity contribution in [1.82, 2.24) is 9.97 Å². The Morgan fingerprint density at radius 3 is 2.47 bits per heavy atom. The minimum atomic E-state index is -0.597. The monoisotopic (exact) mass is 328 g/mol. The van der Waals surface area contributed by atoms with Crippen molar-refractivity contribution in [2.75, 3.05) is 7.11 Å². The van der Waals surface area contributed by atoms with Gasteiger partial charge in [-0.25, -0.2) is 18.7 Å². The van der Waals surface area contributed by atoms with Crippen LogP contribution in [0.2, 0.25) is 0 Å². The summed E-state index contributed by atoms with van der Waals surface area (Å²) in [4.78, 5) is 7.75. The molecule has 6 heteroatoms. The van der Waals surface area contributed by atoms with Gasteiger partial charge in [0.15, 0.2) is 0 Å². The fourth-order valence-electron chi connectivity index (χ4n) is 1.66. The van der Waals surface area contributed by atoms with Crippen molar-refractivity contribution < 1.29 is 13.5 Å². The predicted molar refractivity (Wildman–Crippen MR) is 70.3 cm³/mol. The van der Waals surface area contributed by atoms with Gasteiger partial charge in [-0.05, 0) is 17.7 Å². The summed E-state index contributed by atoms with van der Waals surface area (Å²) in [7, 11) is 1.51. The number of ether oxygens (including phenoxy) is 1. The van der Waals surface area contributed by atoms with Crippen molar-refractivity contribution in [2.24, 2.45) is 0 Å². The van der Waals surface area contributed by atoms with Crippen molar-refractivity contribution in [3.05, 3.63) is 53.5 Å². The van der Waals surface area contributed by atoms with Crippen LogP contribution < -0.4 is 4.74 Å². The predicted octanol–water partition coefficient (Wildman–Crippen LogP) is 3.44. The molecule has 0 radical (unpaired) electrons. The van der Waals surface area contributed by atoms with Gasteiger partial charge in [0.05, 0.1) is 7.11 Å². The molecule has 3 nitrogen and oxygen atoms in total. The third kappa shape index (κ3) is 3.70. The first-order valence-corrected chi connectivity index (χ1v) is 6.45. The van der Waals surface area contributed by atoms with E-state index < -0.39 is 11.6 Å². The number of hydrogen-bond acceptors (Lipinski definition) is 3. The summed E-state index contributed by atoms with van der Waals surface area (Å²) in [6.07, 6.45) is 1.86. The number of alkyl halides is 1. The zero-order chi connectivity index (χ0) is 13.8. The normalized spacial score (nSPS) is 12.2. The average molecular weight is 329 g/mol. The topological polar surface area (TPSA) is 35.0 Å². The highest BCUT2D eigenvalue weighted by Crippen LogP contribution is 2.28. The molecule has 0 saturated heterocycles. The van der Waals surface area contributed by atoms with Crippen LogP contribution in [-0.2, 0) is 6.42 Å². The van der Waals surface area contributed by atoms with Gasteiger partial charge in [0.25, 0.3) is 0 Å². The van der Waals surface area contributed by atoms with E-state index >= 15 is 0 Å². The molecule has 0 aliphatic heterocycles. The zero-order valence-corrected chi connectivity index (χ0v) is 11.7. The second kappa shape index (κ2) is 6.06. The van der Waals surface area contributed by atoms with Gasteiger partial charge in [0.2, 0.25) is 5.88 Å². The summed E-state index contributed by atoms with van der Waals surface area (Å²) in [6, 6.07) is 5.11. The van der Waals surface area contributed by atoms with E-state index in [1.54, 1.807) is 6.07 Å². The lowest BCUT2D eigenvalue weighted by atomic mass is 10.1. The molecule has 19 heavy (non-hydrogen) atoms. The minimum absolute atomic E-state index is 0.239. The van der Waals surface area contributed by atoms with Crippen molar-refractivity contribution in [3.63, 3.8) is 0 Å². The summed E-state index contributed by atoms with van der Waals surface area (Å²) in [5.74, 6) is -0.741. The number of benzene rings is 1. The van der Waals surface area contributed by atoms with E-state index in [-0.39, 0.29) is 4.83 Å². The molecule has 100 valence electrons. The van der Waals surface area contributed by atoms with Crippen molar-refractivity contribution in [3.8, 4) is 5.88 Å². The summed E-state index contributed by atoms with van der Waals surface area (Å²) in [6.45, 7) is 0. The second-order valence-electron chi connectivity index (χ2n) is 3.93. The Kier molecular flexibility index (Phi) is 4.42. The van der Waals surface area contributed by atoms with Crippen molar-refractivity contribution in [1.29, 1.82) is 0 Å². The molecule has 0 spiro atoms. The van der Waals surface area contributed by atoms with Crippen LogP contribution >= 0.6 is 15.9 Å². The molecular formula is C13H11BrF2N2O. The van der Waals surface area contributed by atoms with Crippen LogP contribution in [0.3, 0.4) is 0 Å². The zero-order valence-electron chi connectivity index (χ0n) is 10.1. The Morgan fingerprint density at radius 2 is 1.84 bits per heavy atom. The Labute approximate surface area is 117 Å². The summed E-state index contributed by atoms with van der Waals surface area (Å²) in [5, 5.41) is 0. The van der Waals surface area contributed by atoms with Crippen molar-refractivity contribution in [2.45, 2.75) is 11.2 Å². The van der Waals surface area contributed by atoms with Crippen molar-refractivity contribution >= 4 is 15.9 Å². The van der Waals surface area contributed by atoms with Crippen LogP contribution in [0, 0.1) is 11.6 Å². The molecule has 0 saturated carbocycles. The molecule has 0 amide bonds. The number of aromatic nitrogens is 2. The summed E-state index contributed by atoms with van der Waals surface area (Å²) >= 11 is 3.40. The third-order valence-corrected chi connectivity index (χ3v) is 3.40. The maximum absolute atomic E-state index is 13.1. The maximum atomic E-state index is 13.1. The Morgan fingerprint density at radius 1 is 1.16 bits per heavy atom. The molecule has 0 bridgehead atoms. The van der Waals surface area contributed by atoms with Crippen LogP contribution in [0.25, 0.3) is 0 Å². The Bertz CT molecular complexity index is 560. The highest BCUT2D eigenvalue weighted by Gasteiger charge is 2.12. The minimum Gasteiger partial charge on any atom is -0.481 e. The van der Waals surface area contributed by atoms with Gasteiger partial charge in [-0.3, -0.25) is 0 Å². The van der Waals surface area contributed by atoms with Gasteiger partial charge in [-0.1, -0.05) is 15.9 Å². The Hall–Kier alpha value is -1.56. The molecule has 2 aromatic rings. The lowest BCUT2D eigenvalue weighted by Crippen LogP contribution is -2.00. The molecule has 0 N–H and O–H groups in total. The first-order valence-electron chi connectivity index (χ1n) is 5.53. The molecule has 0 aliphatic rings. The van der Waals surface area contributed by atoms with E-state index in [1.165, 1.54) is 25.6 Å². The molecule has 1 atom stereocenters. The van der Waals surface area contributed by atoms with Gasteiger partial charge in [0, 0.05) is 29.1 Å². The van der Waals surface area contributed by atoms with Gasteiger partial charge in [0.1, 0.15) is 18.0 Å². The first-order chi connectivity index (χ1) is 9.08. The maximum Gasteiger partial charge on any atom is 0.216 e. The van der Waals surface area contributed by atoms with Crippen LogP contribution in [0.4, 0.5) is 8.78 Å². The molecule has 1 aromatic heterocycles. The van der Waals surface area contributed by atoms with Gasteiger partial charge in [-0.2, -0.15) is 0 Å². The molecular weight excluding hydrogens is 318 g/mol. The van der Waals surface area contributed by atoms with E-state index in [9.17, 15) is 8.78 Å². The van der Waals surface area contributed by atoms with Crippen LogP contribution in [0.15, 0.2) is 30.6 Å². The quantitative estimate of drug-likeness (QED) is 0.806. The SMILES string of the molecule is COc1cc(CC(Br)c2cc(F)cc(F)c2)ncn1.